The summed E-state index contributed by atoms with van der Waals surface area (Å²) in [6.07, 6.45) is 3.24. The van der Waals surface area contributed by atoms with Gasteiger partial charge in [-0.1, -0.05) is 26.7 Å². The normalized spacial score (nSPS) is 23.6. The van der Waals surface area contributed by atoms with E-state index in [0.717, 1.165) is 12.8 Å². The van der Waals surface area contributed by atoms with Crippen LogP contribution in [-0.4, -0.2) is 5.71 Å². The molecule has 46 valence electrons. The second-order valence-electron chi connectivity index (χ2n) is 3.18. The predicted octanol–water partition coefficient (Wildman–Crippen LogP) is -0.789. The third-order valence-corrected chi connectivity index (χ3v) is 2.00. The summed E-state index contributed by atoms with van der Waals surface area (Å²) in [5, 5.41) is 9.17. The van der Waals surface area contributed by atoms with Crippen LogP contribution in [0.15, 0.2) is 0 Å². The van der Waals surface area contributed by atoms with Gasteiger partial charge in [0.25, 0.3) is 0 Å². The van der Waals surface area contributed by atoms with E-state index in [9.17, 15) is 5.41 Å². The van der Waals surface area contributed by atoms with Gasteiger partial charge in [-0.3, -0.25) is 0 Å². The summed E-state index contributed by atoms with van der Waals surface area (Å²) in [6.45, 7) is 4.19. The van der Waals surface area contributed by atoms with Crippen molar-refractivity contribution in [1.29, 1.82) is 0 Å². The Hall–Kier alpha value is 0.267. The van der Waals surface area contributed by atoms with Crippen molar-refractivity contribution >= 4 is 5.71 Å². The van der Waals surface area contributed by atoms with Gasteiger partial charge in [-0.2, -0.15) is 5.71 Å². The first-order chi connectivity index (χ1) is 3.63. The van der Waals surface area contributed by atoms with Gasteiger partial charge in [0.15, 0.2) is 0 Å². The summed E-state index contributed by atoms with van der Waals surface area (Å²) in [6, 6.07) is 0. The van der Waals surface area contributed by atoms with Crippen LogP contribution in [0.5, 0.6) is 0 Å². The molecule has 0 aromatic rings. The molecule has 0 bridgehead atoms. The smallest absolute Gasteiger partial charge is 0.811 e. The Morgan fingerprint density at radius 1 is 1.44 bits per heavy atom. The molecule has 0 spiro atoms. The summed E-state index contributed by atoms with van der Waals surface area (Å²) in [7, 11) is 0. The Balaban J connectivity index is 0.000000640. The van der Waals surface area contributed by atoms with Crippen LogP contribution in [0.1, 0.15) is 33.1 Å². The van der Waals surface area contributed by atoms with Crippen molar-refractivity contribution in [2.24, 2.45) is 5.41 Å². The topological polar surface area (TPSA) is 22.3 Å². The first-order valence-corrected chi connectivity index (χ1v) is 3.18. The van der Waals surface area contributed by atoms with Crippen molar-refractivity contribution in [3.05, 3.63) is 5.41 Å². The van der Waals surface area contributed by atoms with Crippen molar-refractivity contribution in [2.75, 3.05) is 0 Å². The van der Waals surface area contributed by atoms with Gasteiger partial charge in [-0.15, -0.1) is 0 Å². The summed E-state index contributed by atoms with van der Waals surface area (Å²) in [5.41, 5.74) is 0.817. The summed E-state index contributed by atoms with van der Waals surface area (Å²) in [4.78, 5) is 0. The van der Waals surface area contributed by atoms with Crippen molar-refractivity contribution in [3.8, 4) is 0 Å². The van der Waals surface area contributed by atoms with Crippen LogP contribution in [0, 0.1) is 5.41 Å². The van der Waals surface area contributed by atoms with Crippen LogP contribution in [0.4, 0.5) is 0 Å². The van der Waals surface area contributed by atoms with Gasteiger partial charge >= 0.3 is 18.9 Å². The minimum Gasteiger partial charge on any atom is -0.811 e. The first kappa shape index (κ1) is 9.27. The Kier molecular flexibility index (Phi) is 2.99. The molecule has 0 amide bonds. The van der Waals surface area contributed by atoms with Crippen molar-refractivity contribution < 1.29 is 18.9 Å². The fraction of sp³-hybridized carbons (Fsp3) is 0.857. The van der Waals surface area contributed by atoms with E-state index in [2.05, 4.69) is 13.8 Å². The molecule has 0 aromatic carbocycles. The molecule has 1 aliphatic carbocycles. The quantitative estimate of drug-likeness (QED) is 0.371. The number of nitrogens with zero attached hydrogens (tertiary/aromatic N) is 1. The summed E-state index contributed by atoms with van der Waals surface area (Å²) < 4.78 is 0. The van der Waals surface area contributed by atoms with Gasteiger partial charge in [0.2, 0.25) is 0 Å². The average Bonchev–Trinajstić information content (AvgIpc) is 1.86. The van der Waals surface area contributed by atoms with E-state index in [4.69, 9.17) is 0 Å². The number of hydrogen-bond donors (Lipinski definition) is 0. The zero-order chi connectivity index (χ0) is 6.20. The number of hydrogen-bond acceptors (Lipinski definition) is 0. The second-order valence-corrected chi connectivity index (χ2v) is 3.18. The molecule has 9 heavy (non-hydrogen) atoms. The largest absolute Gasteiger partial charge is 1.00 e. The molecular weight excluding hydrogens is 105 g/mol. The van der Waals surface area contributed by atoms with E-state index in [1.165, 1.54) is 6.42 Å². The van der Waals surface area contributed by atoms with Crippen LogP contribution >= 0.6 is 0 Å². The fourth-order valence-corrected chi connectivity index (χ4v) is 1.18. The molecule has 0 aliphatic heterocycles. The monoisotopic (exact) mass is 117 g/mol. The molecule has 0 atom stereocenters. The molecule has 0 radical (unpaired) electrons. The van der Waals surface area contributed by atoms with Crippen molar-refractivity contribution in [2.45, 2.75) is 33.1 Å². The van der Waals surface area contributed by atoms with Gasteiger partial charge in [0.1, 0.15) is 0 Å². The maximum Gasteiger partial charge on any atom is 1.00 e. The molecule has 0 saturated heterocycles. The summed E-state index contributed by atoms with van der Waals surface area (Å²) >= 11 is 0. The van der Waals surface area contributed by atoms with Crippen molar-refractivity contribution in [3.63, 3.8) is 0 Å². The molecular formula is C7H12LiN. The zero-order valence-corrected chi connectivity index (χ0v) is 6.57. The third kappa shape index (κ3) is 1.84. The SMILES string of the molecule is CC1(C)CCCC1=[N-].[Li+]. The zero-order valence-electron chi connectivity index (χ0n) is 6.57. The Labute approximate surface area is 68.9 Å². The number of rotatable bonds is 0. The maximum atomic E-state index is 9.17. The van der Waals surface area contributed by atoms with E-state index < -0.39 is 0 Å². The van der Waals surface area contributed by atoms with Crippen LogP contribution in [0.2, 0.25) is 0 Å². The van der Waals surface area contributed by atoms with Crippen LogP contribution in [-0.2, 0) is 0 Å². The van der Waals surface area contributed by atoms with Gasteiger partial charge in [-0.25, -0.2) is 0 Å². The van der Waals surface area contributed by atoms with Gasteiger partial charge in [0, 0.05) is 0 Å². The van der Waals surface area contributed by atoms with Gasteiger partial charge in [0.05, 0.1) is 0 Å². The molecule has 2 heteroatoms. The molecule has 0 unspecified atom stereocenters. The predicted molar refractivity (Wildman–Crippen MR) is 36.0 cm³/mol. The van der Waals surface area contributed by atoms with Gasteiger partial charge in [-0.05, 0) is 11.8 Å². The Morgan fingerprint density at radius 3 is 2.11 bits per heavy atom. The minimum atomic E-state index is 0. The van der Waals surface area contributed by atoms with E-state index in [0.29, 0.717) is 5.71 Å². The fourth-order valence-electron chi connectivity index (χ4n) is 1.18. The molecule has 0 heterocycles. The van der Waals surface area contributed by atoms with Gasteiger partial charge < -0.3 is 5.41 Å². The Bertz CT molecular complexity index is 118. The van der Waals surface area contributed by atoms with Crippen LogP contribution < -0.4 is 18.9 Å². The van der Waals surface area contributed by atoms with E-state index in [-0.39, 0.29) is 24.3 Å². The van der Waals surface area contributed by atoms with E-state index in [1.54, 1.807) is 0 Å². The summed E-state index contributed by atoms with van der Waals surface area (Å²) in [5.74, 6) is 0. The van der Waals surface area contributed by atoms with Crippen LogP contribution in [0.25, 0.3) is 5.41 Å². The first-order valence-electron chi connectivity index (χ1n) is 3.18. The third-order valence-electron chi connectivity index (χ3n) is 2.00. The Morgan fingerprint density at radius 2 is 2.00 bits per heavy atom. The molecule has 0 aromatic heterocycles. The second kappa shape index (κ2) is 2.90. The van der Waals surface area contributed by atoms with Crippen molar-refractivity contribution in [1.82, 2.24) is 0 Å². The average molecular weight is 117 g/mol. The molecule has 1 aliphatic rings. The standard InChI is InChI=1S/C7H12N.Li/c1-7(2)5-3-4-6(7)8;/h3-5H2,1-2H3;/q-1;+1. The minimum absolute atomic E-state index is 0. The molecule has 1 fully saturated rings. The maximum absolute atomic E-state index is 9.17. The molecule has 1 nitrogen and oxygen atoms in total. The van der Waals surface area contributed by atoms with Crippen LogP contribution in [0.3, 0.4) is 0 Å². The molecule has 1 saturated carbocycles. The van der Waals surface area contributed by atoms with E-state index in [1.807, 2.05) is 0 Å². The molecule has 0 N–H and O–H groups in total. The molecule has 1 rings (SSSR count). The van der Waals surface area contributed by atoms with E-state index >= 15 is 0 Å².